The van der Waals surface area contributed by atoms with Crippen LogP contribution >= 0.6 is 0 Å². The highest BCUT2D eigenvalue weighted by Crippen LogP contribution is 2.23. The molecule has 3 rings (SSSR count). The number of aromatic nitrogens is 3. The number of rotatable bonds is 5. The van der Waals surface area contributed by atoms with Crippen LogP contribution in [0.1, 0.15) is 24.5 Å². The summed E-state index contributed by atoms with van der Waals surface area (Å²) in [5.74, 6) is 6.79. The van der Waals surface area contributed by atoms with E-state index in [0.29, 0.717) is 6.42 Å². The molecule has 0 aliphatic rings. The number of nitrogens with two attached hydrogens (primary N) is 1. The van der Waals surface area contributed by atoms with E-state index in [-0.39, 0.29) is 6.04 Å². The minimum atomic E-state index is -0.0659. The van der Waals surface area contributed by atoms with Crippen molar-refractivity contribution in [1.29, 1.82) is 0 Å². The monoisotopic (exact) mass is 281 g/mol. The maximum Gasteiger partial charge on any atom is 0.110 e. The zero-order valence-electron chi connectivity index (χ0n) is 12.0. The Balaban J connectivity index is 1.99. The second-order valence-electron chi connectivity index (χ2n) is 4.97. The van der Waals surface area contributed by atoms with Crippen molar-refractivity contribution >= 4 is 10.8 Å². The van der Waals surface area contributed by atoms with Gasteiger partial charge in [0.15, 0.2) is 0 Å². The van der Waals surface area contributed by atoms with Gasteiger partial charge in [0, 0.05) is 36.9 Å². The van der Waals surface area contributed by atoms with Crippen LogP contribution in [0.3, 0.4) is 0 Å². The number of nitrogens with one attached hydrogen (secondary N) is 1. The van der Waals surface area contributed by atoms with E-state index in [1.165, 1.54) is 5.39 Å². The van der Waals surface area contributed by atoms with E-state index in [1.807, 2.05) is 36.8 Å². The van der Waals surface area contributed by atoms with Gasteiger partial charge in [-0.3, -0.25) is 16.3 Å². The zero-order chi connectivity index (χ0) is 14.7. The fraction of sp³-hybridized carbons (Fsp3) is 0.250. The molecule has 0 bridgehead atoms. The van der Waals surface area contributed by atoms with Gasteiger partial charge in [-0.25, -0.2) is 4.98 Å². The maximum atomic E-state index is 5.78. The third-order valence-corrected chi connectivity index (χ3v) is 3.76. The van der Waals surface area contributed by atoms with Crippen molar-refractivity contribution in [2.24, 2.45) is 5.84 Å². The molecule has 1 atom stereocenters. The molecule has 108 valence electrons. The molecule has 21 heavy (non-hydrogen) atoms. The number of hydrogen-bond acceptors (Lipinski definition) is 4. The SMILES string of the molecule is CCn1ccnc1CC(NN)c1nccc2ccccc12. The Bertz CT molecular complexity index is 729. The fourth-order valence-electron chi connectivity index (χ4n) is 2.66. The van der Waals surface area contributed by atoms with Crippen molar-refractivity contribution in [3.05, 3.63) is 60.4 Å². The van der Waals surface area contributed by atoms with Crippen molar-refractivity contribution in [2.45, 2.75) is 25.9 Å². The van der Waals surface area contributed by atoms with Crippen molar-refractivity contribution in [1.82, 2.24) is 20.0 Å². The minimum absolute atomic E-state index is 0.0659. The molecule has 0 aliphatic carbocycles. The van der Waals surface area contributed by atoms with Gasteiger partial charge in [0.25, 0.3) is 0 Å². The average Bonchev–Trinajstić information content (AvgIpc) is 2.99. The number of hydrogen-bond donors (Lipinski definition) is 2. The Kier molecular flexibility index (Phi) is 3.94. The Labute approximate surface area is 123 Å². The summed E-state index contributed by atoms with van der Waals surface area (Å²) >= 11 is 0. The normalized spacial score (nSPS) is 12.7. The molecule has 0 saturated carbocycles. The van der Waals surface area contributed by atoms with Crippen LogP contribution in [0.4, 0.5) is 0 Å². The molecule has 2 heterocycles. The molecule has 0 aliphatic heterocycles. The van der Waals surface area contributed by atoms with E-state index in [0.717, 1.165) is 23.4 Å². The van der Waals surface area contributed by atoms with Crippen LogP contribution in [-0.2, 0) is 13.0 Å². The number of imidazole rings is 1. The van der Waals surface area contributed by atoms with E-state index in [9.17, 15) is 0 Å². The predicted octanol–water partition coefficient (Wildman–Crippen LogP) is 2.20. The number of hydrazine groups is 1. The summed E-state index contributed by atoms with van der Waals surface area (Å²) in [7, 11) is 0. The minimum Gasteiger partial charge on any atom is -0.335 e. The first-order valence-corrected chi connectivity index (χ1v) is 7.13. The summed E-state index contributed by atoms with van der Waals surface area (Å²) in [5, 5.41) is 2.29. The van der Waals surface area contributed by atoms with Crippen LogP contribution in [0.5, 0.6) is 0 Å². The van der Waals surface area contributed by atoms with Crippen LogP contribution in [0, 0.1) is 0 Å². The maximum absolute atomic E-state index is 5.78. The lowest BCUT2D eigenvalue weighted by molar-refractivity contribution is 0.515. The standard InChI is InChI=1S/C16H19N5/c1-2-21-10-9-18-15(21)11-14(20-17)16-13-6-4-3-5-12(13)7-8-19-16/h3-10,14,20H,2,11,17H2,1H3. The number of fused-ring (bicyclic) bond motifs is 1. The van der Waals surface area contributed by atoms with E-state index < -0.39 is 0 Å². The molecular weight excluding hydrogens is 262 g/mol. The average molecular weight is 281 g/mol. The first-order valence-electron chi connectivity index (χ1n) is 7.13. The second kappa shape index (κ2) is 6.03. The van der Waals surface area contributed by atoms with Gasteiger partial charge in [-0.1, -0.05) is 24.3 Å². The van der Waals surface area contributed by atoms with Crippen LogP contribution in [0.15, 0.2) is 48.9 Å². The highest BCUT2D eigenvalue weighted by molar-refractivity contribution is 5.84. The molecule has 1 aromatic carbocycles. The van der Waals surface area contributed by atoms with Crippen LogP contribution in [0.25, 0.3) is 10.8 Å². The summed E-state index contributed by atoms with van der Waals surface area (Å²) in [6.07, 6.45) is 6.34. The molecule has 2 aromatic heterocycles. The number of aryl methyl sites for hydroxylation is 1. The van der Waals surface area contributed by atoms with Crippen LogP contribution in [-0.4, -0.2) is 14.5 Å². The van der Waals surface area contributed by atoms with Gasteiger partial charge in [0.2, 0.25) is 0 Å². The zero-order valence-corrected chi connectivity index (χ0v) is 12.0. The molecule has 5 nitrogen and oxygen atoms in total. The molecule has 5 heteroatoms. The van der Waals surface area contributed by atoms with Crippen LogP contribution < -0.4 is 11.3 Å². The molecule has 3 N–H and O–H groups in total. The Morgan fingerprint density at radius 2 is 2.05 bits per heavy atom. The molecule has 0 fully saturated rings. The van der Waals surface area contributed by atoms with Crippen molar-refractivity contribution in [3.8, 4) is 0 Å². The van der Waals surface area contributed by atoms with Gasteiger partial charge >= 0.3 is 0 Å². The summed E-state index contributed by atoms with van der Waals surface area (Å²) in [6.45, 7) is 3.00. The third-order valence-electron chi connectivity index (χ3n) is 3.76. The van der Waals surface area contributed by atoms with Crippen molar-refractivity contribution in [3.63, 3.8) is 0 Å². The summed E-state index contributed by atoms with van der Waals surface area (Å²) in [6, 6.07) is 10.2. The Morgan fingerprint density at radius 1 is 1.19 bits per heavy atom. The quantitative estimate of drug-likeness (QED) is 0.555. The number of pyridine rings is 1. The lowest BCUT2D eigenvalue weighted by atomic mass is 10.0. The van der Waals surface area contributed by atoms with Gasteiger partial charge in [-0.05, 0) is 18.4 Å². The van der Waals surface area contributed by atoms with Gasteiger partial charge < -0.3 is 4.57 Å². The van der Waals surface area contributed by atoms with Gasteiger partial charge in [-0.2, -0.15) is 0 Å². The van der Waals surface area contributed by atoms with Crippen molar-refractivity contribution < 1.29 is 0 Å². The highest BCUT2D eigenvalue weighted by Gasteiger charge is 2.17. The molecule has 1 unspecified atom stereocenters. The summed E-state index contributed by atoms with van der Waals surface area (Å²) < 4.78 is 2.12. The molecule has 0 radical (unpaired) electrons. The fourth-order valence-corrected chi connectivity index (χ4v) is 2.66. The van der Waals surface area contributed by atoms with E-state index in [1.54, 1.807) is 0 Å². The molecule has 0 amide bonds. The molecule has 0 spiro atoms. The number of nitrogens with zero attached hydrogens (tertiary/aromatic N) is 3. The predicted molar refractivity (Wildman–Crippen MR) is 83.4 cm³/mol. The van der Waals surface area contributed by atoms with Crippen LogP contribution in [0.2, 0.25) is 0 Å². The number of benzene rings is 1. The van der Waals surface area contributed by atoms with Crippen molar-refractivity contribution in [2.75, 3.05) is 0 Å². The topological polar surface area (TPSA) is 68.8 Å². The molecular formula is C16H19N5. The smallest absolute Gasteiger partial charge is 0.110 e. The molecule has 3 aromatic rings. The first kappa shape index (κ1) is 13.7. The first-order chi connectivity index (χ1) is 10.3. The lowest BCUT2D eigenvalue weighted by Crippen LogP contribution is -2.31. The second-order valence-corrected chi connectivity index (χ2v) is 4.97. The van der Waals surface area contributed by atoms with E-state index in [2.05, 4.69) is 39.0 Å². The largest absolute Gasteiger partial charge is 0.335 e. The van der Waals surface area contributed by atoms with Gasteiger partial charge in [-0.15, -0.1) is 0 Å². The summed E-state index contributed by atoms with van der Waals surface area (Å²) in [4.78, 5) is 8.95. The van der Waals surface area contributed by atoms with Gasteiger partial charge in [0.05, 0.1) is 11.7 Å². The summed E-state index contributed by atoms with van der Waals surface area (Å²) in [5.41, 5.74) is 3.84. The Hall–Kier alpha value is -2.24. The highest BCUT2D eigenvalue weighted by atomic mass is 15.2. The van der Waals surface area contributed by atoms with E-state index >= 15 is 0 Å². The molecule has 0 saturated heterocycles. The van der Waals surface area contributed by atoms with E-state index in [4.69, 9.17) is 5.84 Å². The lowest BCUT2D eigenvalue weighted by Gasteiger charge is -2.17. The van der Waals surface area contributed by atoms with Gasteiger partial charge in [0.1, 0.15) is 5.82 Å². The Morgan fingerprint density at radius 3 is 2.86 bits per heavy atom. The third kappa shape index (κ3) is 2.66.